The maximum atomic E-state index is 11.2. The molecule has 0 rings (SSSR count). The number of carbonyl (C=O) groups is 3. The molecule has 0 spiro atoms. The van der Waals surface area contributed by atoms with Crippen molar-refractivity contribution in [2.45, 2.75) is 32.7 Å². The molecule has 0 saturated carbocycles. The Hall–Kier alpha value is -1.39. The number of amides is 2. The summed E-state index contributed by atoms with van der Waals surface area (Å²) in [6.07, 6.45) is 0.632. The third-order valence-electron chi connectivity index (χ3n) is 1.73. The van der Waals surface area contributed by atoms with E-state index in [9.17, 15) is 14.4 Å². The quantitative estimate of drug-likeness (QED) is 0.634. The number of carbonyl (C=O) groups excluding carboxylic acids is 3. The van der Waals surface area contributed by atoms with Crippen LogP contribution in [0.3, 0.4) is 0 Å². The van der Waals surface area contributed by atoms with Crippen molar-refractivity contribution in [1.29, 1.82) is 0 Å². The third-order valence-corrected chi connectivity index (χ3v) is 1.73. The monoisotopic (exact) mass is 200 g/mol. The highest BCUT2D eigenvalue weighted by molar-refractivity contribution is 5.87. The molecule has 0 unspecified atom stereocenters. The molecule has 0 bridgehead atoms. The molecule has 0 aliphatic carbocycles. The second-order valence-corrected chi connectivity index (χ2v) is 3.11. The highest BCUT2D eigenvalue weighted by Crippen LogP contribution is 1.98. The fourth-order valence-corrected chi connectivity index (χ4v) is 1.04. The number of Topliss-reactive ketones (excluding diaryl/α,β-unsaturated/α-hetero) is 1. The molecule has 0 saturated heterocycles. The van der Waals surface area contributed by atoms with E-state index in [4.69, 9.17) is 0 Å². The normalized spacial score (nSPS) is 11.6. The zero-order valence-electron chi connectivity index (χ0n) is 8.72. The van der Waals surface area contributed by atoms with E-state index in [2.05, 4.69) is 10.6 Å². The molecule has 2 amide bonds. The van der Waals surface area contributed by atoms with Crippen LogP contribution in [0.4, 0.5) is 0 Å². The van der Waals surface area contributed by atoms with Crippen LogP contribution >= 0.6 is 0 Å². The molecule has 1 atom stereocenters. The van der Waals surface area contributed by atoms with Gasteiger partial charge in [-0.1, -0.05) is 0 Å². The molecule has 0 aromatic rings. The number of likely N-dealkylation sites (N-methyl/N-ethyl adjacent to an activating group) is 1. The lowest BCUT2D eigenvalue weighted by atomic mass is 10.1. The molecular weight excluding hydrogens is 184 g/mol. The van der Waals surface area contributed by atoms with Gasteiger partial charge >= 0.3 is 0 Å². The van der Waals surface area contributed by atoms with E-state index in [0.717, 1.165) is 0 Å². The van der Waals surface area contributed by atoms with Crippen LogP contribution in [0.15, 0.2) is 0 Å². The molecule has 0 aliphatic heterocycles. The van der Waals surface area contributed by atoms with Crippen molar-refractivity contribution < 1.29 is 14.4 Å². The lowest BCUT2D eigenvalue weighted by Crippen LogP contribution is -2.45. The van der Waals surface area contributed by atoms with Gasteiger partial charge in [0.05, 0.1) is 0 Å². The van der Waals surface area contributed by atoms with Crippen molar-refractivity contribution in [3.8, 4) is 0 Å². The van der Waals surface area contributed by atoms with E-state index in [-0.39, 0.29) is 17.6 Å². The van der Waals surface area contributed by atoms with E-state index in [1.54, 1.807) is 0 Å². The number of ketones is 1. The smallest absolute Gasteiger partial charge is 0.242 e. The fraction of sp³-hybridized carbons (Fsp3) is 0.667. The van der Waals surface area contributed by atoms with Crippen molar-refractivity contribution in [2.75, 3.05) is 7.05 Å². The topological polar surface area (TPSA) is 75.3 Å². The molecular formula is C9H16N2O3. The zero-order chi connectivity index (χ0) is 11.1. The van der Waals surface area contributed by atoms with Gasteiger partial charge in [0, 0.05) is 20.4 Å². The maximum Gasteiger partial charge on any atom is 0.242 e. The summed E-state index contributed by atoms with van der Waals surface area (Å²) in [6.45, 7) is 2.79. The standard InChI is InChI=1S/C9H16N2O3/c1-6(12)4-5-8(9(14)10-3)11-7(2)13/h8H,4-5H2,1-3H3,(H,10,14)(H,11,13)/t8-/m0/s1. The Labute approximate surface area is 83.2 Å². The molecule has 0 radical (unpaired) electrons. The van der Waals surface area contributed by atoms with Gasteiger partial charge in [0.25, 0.3) is 0 Å². The summed E-state index contributed by atoms with van der Waals surface area (Å²) in [6, 6.07) is -0.610. The molecule has 0 aromatic carbocycles. The lowest BCUT2D eigenvalue weighted by molar-refractivity contribution is -0.128. The first-order chi connectivity index (χ1) is 6.47. The van der Waals surface area contributed by atoms with Gasteiger partial charge in [-0.25, -0.2) is 0 Å². The molecule has 80 valence electrons. The second-order valence-electron chi connectivity index (χ2n) is 3.11. The average Bonchev–Trinajstić information content (AvgIpc) is 2.10. The van der Waals surface area contributed by atoms with Gasteiger partial charge in [-0.2, -0.15) is 0 Å². The zero-order valence-corrected chi connectivity index (χ0v) is 8.72. The maximum absolute atomic E-state index is 11.2. The minimum absolute atomic E-state index is 0.00394. The minimum Gasteiger partial charge on any atom is -0.357 e. The highest BCUT2D eigenvalue weighted by atomic mass is 16.2. The van der Waals surface area contributed by atoms with Crippen LogP contribution in [-0.4, -0.2) is 30.7 Å². The van der Waals surface area contributed by atoms with E-state index < -0.39 is 6.04 Å². The Bertz CT molecular complexity index is 238. The van der Waals surface area contributed by atoms with Gasteiger partial charge in [-0.3, -0.25) is 9.59 Å². The number of hydrogen-bond acceptors (Lipinski definition) is 3. The predicted molar refractivity (Wildman–Crippen MR) is 51.6 cm³/mol. The molecule has 0 fully saturated rings. The fourth-order valence-electron chi connectivity index (χ4n) is 1.04. The Balaban J connectivity index is 4.17. The summed E-state index contributed by atoms with van der Waals surface area (Å²) >= 11 is 0. The molecule has 14 heavy (non-hydrogen) atoms. The highest BCUT2D eigenvalue weighted by Gasteiger charge is 2.17. The SMILES string of the molecule is CNC(=O)[C@H](CCC(C)=O)NC(C)=O. The molecule has 5 nitrogen and oxygen atoms in total. The first-order valence-corrected chi connectivity index (χ1v) is 4.45. The van der Waals surface area contributed by atoms with Crippen LogP contribution in [0.25, 0.3) is 0 Å². The molecule has 2 N–H and O–H groups in total. The van der Waals surface area contributed by atoms with Gasteiger partial charge in [-0.05, 0) is 13.3 Å². The van der Waals surface area contributed by atoms with Crippen molar-refractivity contribution in [3.05, 3.63) is 0 Å². The summed E-state index contributed by atoms with van der Waals surface area (Å²) in [5, 5.41) is 4.91. The van der Waals surface area contributed by atoms with Crippen LogP contribution in [0.1, 0.15) is 26.7 Å². The van der Waals surface area contributed by atoms with E-state index in [1.807, 2.05) is 0 Å². The first-order valence-electron chi connectivity index (χ1n) is 4.45. The van der Waals surface area contributed by atoms with Crippen LogP contribution in [0, 0.1) is 0 Å². The second kappa shape index (κ2) is 6.12. The Morgan fingerprint density at radius 1 is 1.21 bits per heavy atom. The van der Waals surface area contributed by atoms with Crippen molar-refractivity contribution in [3.63, 3.8) is 0 Å². The van der Waals surface area contributed by atoms with Crippen LogP contribution < -0.4 is 10.6 Å². The molecule has 0 aliphatic rings. The van der Waals surface area contributed by atoms with Crippen LogP contribution in [-0.2, 0) is 14.4 Å². The molecule has 0 heterocycles. The summed E-state index contributed by atoms with van der Waals surface area (Å²) in [5.74, 6) is -0.548. The summed E-state index contributed by atoms with van der Waals surface area (Å²) in [5.41, 5.74) is 0. The minimum atomic E-state index is -0.610. The van der Waals surface area contributed by atoms with Crippen molar-refractivity contribution in [2.24, 2.45) is 0 Å². The van der Waals surface area contributed by atoms with Gasteiger partial charge in [0.2, 0.25) is 11.8 Å². The van der Waals surface area contributed by atoms with Crippen LogP contribution in [0.2, 0.25) is 0 Å². The third kappa shape index (κ3) is 5.29. The van der Waals surface area contributed by atoms with E-state index in [0.29, 0.717) is 12.8 Å². The average molecular weight is 200 g/mol. The summed E-state index contributed by atoms with van der Waals surface area (Å²) < 4.78 is 0. The predicted octanol–water partition coefficient (Wildman–Crippen LogP) is -0.394. The van der Waals surface area contributed by atoms with E-state index in [1.165, 1.54) is 20.9 Å². The van der Waals surface area contributed by atoms with Crippen LogP contribution in [0.5, 0.6) is 0 Å². The lowest BCUT2D eigenvalue weighted by Gasteiger charge is -2.15. The number of nitrogens with one attached hydrogen (secondary N) is 2. The largest absolute Gasteiger partial charge is 0.357 e. The molecule has 0 aromatic heterocycles. The number of rotatable bonds is 5. The summed E-state index contributed by atoms with van der Waals surface area (Å²) in [7, 11) is 1.49. The van der Waals surface area contributed by atoms with E-state index >= 15 is 0 Å². The van der Waals surface area contributed by atoms with Crippen molar-refractivity contribution >= 4 is 17.6 Å². The number of hydrogen-bond donors (Lipinski definition) is 2. The van der Waals surface area contributed by atoms with Crippen molar-refractivity contribution in [1.82, 2.24) is 10.6 Å². The Morgan fingerprint density at radius 2 is 1.79 bits per heavy atom. The Morgan fingerprint density at radius 3 is 2.14 bits per heavy atom. The van der Waals surface area contributed by atoms with Gasteiger partial charge in [0.15, 0.2) is 0 Å². The van der Waals surface area contributed by atoms with Gasteiger partial charge < -0.3 is 15.4 Å². The van der Waals surface area contributed by atoms with Gasteiger partial charge in [0.1, 0.15) is 11.8 Å². The van der Waals surface area contributed by atoms with Gasteiger partial charge in [-0.15, -0.1) is 0 Å². The Kier molecular flexibility index (Phi) is 5.52. The molecule has 5 heteroatoms. The summed E-state index contributed by atoms with van der Waals surface area (Å²) in [4.78, 5) is 32.7. The first kappa shape index (κ1) is 12.6.